The van der Waals surface area contributed by atoms with Gasteiger partial charge in [0.05, 0.1) is 17.0 Å². The van der Waals surface area contributed by atoms with Crippen molar-refractivity contribution in [1.29, 1.82) is 0 Å². The maximum Gasteiger partial charge on any atom is 0.244 e. The third-order valence-corrected chi connectivity index (χ3v) is 6.95. The van der Waals surface area contributed by atoms with Crippen LogP contribution in [0.1, 0.15) is 32.8 Å². The molecule has 0 fully saturated rings. The zero-order chi connectivity index (χ0) is 25.5. The molecule has 2 aromatic rings. The molecule has 0 spiro atoms. The van der Waals surface area contributed by atoms with Crippen LogP contribution in [0.15, 0.2) is 48.5 Å². The Bertz CT molecular complexity index is 1100. The Balaban J connectivity index is 2.33. The highest BCUT2D eigenvalue weighted by Crippen LogP contribution is 2.24. The van der Waals surface area contributed by atoms with Gasteiger partial charge in [-0.3, -0.25) is 13.9 Å². The van der Waals surface area contributed by atoms with Gasteiger partial charge >= 0.3 is 0 Å². The molecule has 34 heavy (non-hydrogen) atoms. The smallest absolute Gasteiger partial charge is 0.244 e. The summed E-state index contributed by atoms with van der Waals surface area (Å²) < 4.78 is 39.5. The number of hydrogen-bond acceptors (Lipinski definition) is 4. The van der Waals surface area contributed by atoms with Crippen molar-refractivity contribution in [3.05, 3.63) is 64.9 Å². The molecule has 2 amide bonds. The molecule has 0 unspecified atom stereocenters. The summed E-state index contributed by atoms with van der Waals surface area (Å²) in [7, 11) is -3.91. The summed E-state index contributed by atoms with van der Waals surface area (Å²) >= 11 is 5.83. The van der Waals surface area contributed by atoms with Crippen LogP contribution < -0.4 is 9.62 Å². The molecule has 0 radical (unpaired) electrons. The van der Waals surface area contributed by atoms with Crippen molar-refractivity contribution < 1.29 is 22.4 Å². The molecule has 0 saturated heterocycles. The van der Waals surface area contributed by atoms with Gasteiger partial charge in [-0.05, 0) is 50.5 Å². The Labute approximate surface area is 205 Å². The van der Waals surface area contributed by atoms with E-state index < -0.39 is 34.3 Å². The summed E-state index contributed by atoms with van der Waals surface area (Å²) in [6.45, 7) is 5.06. The fourth-order valence-electron chi connectivity index (χ4n) is 3.29. The number of hydrogen-bond donors (Lipinski definition) is 1. The summed E-state index contributed by atoms with van der Waals surface area (Å²) in [6.07, 6.45) is 2.16. The lowest BCUT2D eigenvalue weighted by atomic mass is 10.1. The van der Waals surface area contributed by atoms with Crippen LogP contribution in [0, 0.1) is 5.82 Å². The molecule has 0 aromatic heterocycles. The first-order chi connectivity index (χ1) is 15.9. The summed E-state index contributed by atoms with van der Waals surface area (Å²) in [4.78, 5) is 27.6. The van der Waals surface area contributed by atoms with Gasteiger partial charge in [-0.15, -0.1) is 0 Å². The van der Waals surface area contributed by atoms with Crippen molar-refractivity contribution in [3.8, 4) is 0 Å². The van der Waals surface area contributed by atoms with Gasteiger partial charge in [-0.1, -0.05) is 48.9 Å². The minimum atomic E-state index is -3.91. The van der Waals surface area contributed by atoms with Crippen molar-refractivity contribution in [2.75, 3.05) is 23.7 Å². The first-order valence-electron chi connectivity index (χ1n) is 11.0. The number of nitrogens with zero attached hydrogens (tertiary/aromatic N) is 2. The second-order valence-electron chi connectivity index (χ2n) is 8.18. The Morgan fingerprint density at radius 2 is 1.76 bits per heavy atom. The maximum atomic E-state index is 13.6. The van der Waals surface area contributed by atoms with Gasteiger partial charge in [-0.2, -0.15) is 0 Å². The van der Waals surface area contributed by atoms with Crippen LogP contribution in [0.3, 0.4) is 0 Å². The predicted molar refractivity (Wildman–Crippen MR) is 133 cm³/mol. The van der Waals surface area contributed by atoms with E-state index in [0.29, 0.717) is 6.42 Å². The second-order valence-corrected chi connectivity index (χ2v) is 10.5. The molecule has 2 atom stereocenters. The van der Waals surface area contributed by atoms with E-state index in [1.165, 1.54) is 11.0 Å². The fourth-order valence-corrected chi connectivity index (χ4v) is 4.31. The Morgan fingerprint density at radius 1 is 1.12 bits per heavy atom. The van der Waals surface area contributed by atoms with Crippen molar-refractivity contribution in [1.82, 2.24) is 10.2 Å². The van der Waals surface area contributed by atoms with E-state index in [1.54, 1.807) is 6.92 Å². The monoisotopic (exact) mass is 511 g/mol. The van der Waals surface area contributed by atoms with E-state index in [9.17, 15) is 22.4 Å². The summed E-state index contributed by atoms with van der Waals surface area (Å²) in [5.41, 5.74) is 1.03. The van der Waals surface area contributed by atoms with E-state index in [0.717, 1.165) is 34.7 Å². The van der Waals surface area contributed by atoms with Crippen LogP contribution in [0.2, 0.25) is 5.02 Å². The lowest BCUT2D eigenvalue weighted by Gasteiger charge is -2.32. The third-order valence-electron chi connectivity index (χ3n) is 5.52. The van der Waals surface area contributed by atoms with Gasteiger partial charge in [0.1, 0.15) is 18.4 Å². The summed E-state index contributed by atoms with van der Waals surface area (Å²) in [5, 5.41) is 2.60. The highest BCUT2D eigenvalue weighted by molar-refractivity contribution is 7.92. The molecule has 0 saturated carbocycles. The largest absolute Gasteiger partial charge is 0.352 e. The first-order valence-corrected chi connectivity index (χ1v) is 13.2. The average Bonchev–Trinajstić information content (AvgIpc) is 2.79. The molecule has 186 valence electrons. The SMILES string of the molecule is CC[C@H](C)NC(=O)[C@H](C)N(CCc1ccccc1)C(=O)CN(c1ccc(F)c(Cl)c1)S(C)(=O)=O. The average molecular weight is 512 g/mol. The molecule has 1 N–H and O–H groups in total. The fraction of sp³-hybridized carbons (Fsp3) is 0.417. The number of carbonyl (C=O) groups excluding carboxylic acids is 2. The first kappa shape index (κ1) is 27.6. The number of sulfonamides is 1. The summed E-state index contributed by atoms with van der Waals surface area (Å²) in [5.74, 6) is -1.59. The van der Waals surface area contributed by atoms with Crippen LogP contribution in [0.4, 0.5) is 10.1 Å². The van der Waals surface area contributed by atoms with Gasteiger partial charge in [0, 0.05) is 12.6 Å². The topological polar surface area (TPSA) is 86.8 Å². The van der Waals surface area contributed by atoms with Crippen LogP contribution in [-0.4, -0.2) is 56.6 Å². The molecule has 0 bridgehead atoms. The van der Waals surface area contributed by atoms with Crippen molar-refractivity contribution in [2.24, 2.45) is 0 Å². The normalized spacial score (nSPS) is 13.1. The van der Waals surface area contributed by atoms with Gasteiger partial charge < -0.3 is 10.2 Å². The van der Waals surface area contributed by atoms with E-state index in [-0.39, 0.29) is 29.2 Å². The molecule has 0 aliphatic heterocycles. The standard InChI is InChI=1S/C24H31ClFN3O4S/c1-5-17(2)27-24(31)18(3)28(14-13-19-9-7-6-8-10-19)23(30)16-29(34(4,32)33)20-11-12-22(26)21(25)15-20/h6-12,15,17-18H,5,13-14,16H2,1-4H3,(H,27,31)/t17-,18-/m0/s1. The van der Waals surface area contributed by atoms with E-state index >= 15 is 0 Å². The molecule has 2 aromatic carbocycles. The molecule has 7 nitrogen and oxygen atoms in total. The number of rotatable bonds is 11. The van der Waals surface area contributed by atoms with Gasteiger partial charge in [0.25, 0.3) is 0 Å². The molecular formula is C24H31ClFN3O4S. The van der Waals surface area contributed by atoms with Crippen molar-refractivity contribution in [3.63, 3.8) is 0 Å². The Kier molecular flexibility index (Phi) is 9.88. The van der Waals surface area contributed by atoms with Gasteiger partial charge in [-0.25, -0.2) is 12.8 Å². The van der Waals surface area contributed by atoms with E-state index in [2.05, 4.69) is 5.32 Å². The quantitative estimate of drug-likeness (QED) is 0.499. The zero-order valence-electron chi connectivity index (χ0n) is 19.8. The van der Waals surface area contributed by atoms with Crippen molar-refractivity contribution >= 4 is 39.1 Å². The number of carbonyl (C=O) groups is 2. The highest BCUT2D eigenvalue weighted by atomic mass is 35.5. The number of nitrogens with one attached hydrogen (secondary N) is 1. The lowest BCUT2D eigenvalue weighted by molar-refractivity contribution is -0.139. The van der Waals surface area contributed by atoms with Crippen LogP contribution in [0.25, 0.3) is 0 Å². The van der Waals surface area contributed by atoms with E-state index in [4.69, 9.17) is 11.6 Å². The number of benzene rings is 2. The minimum Gasteiger partial charge on any atom is -0.352 e. The molecule has 0 aliphatic rings. The molecular weight excluding hydrogens is 481 g/mol. The van der Waals surface area contributed by atoms with Gasteiger partial charge in [0.15, 0.2) is 0 Å². The van der Waals surface area contributed by atoms with Gasteiger partial charge in [0.2, 0.25) is 21.8 Å². The number of halogens is 2. The maximum absolute atomic E-state index is 13.6. The zero-order valence-corrected chi connectivity index (χ0v) is 21.4. The Hall–Kier alpha value is -2.65. The van der Waals surface area contributed by atoms with Crippen molar-refractivity contribution in [2.45, 2.75) is 45.7 Å². The highest BCUT2D eigenvalue weighted by Gasteiger charge is 2.30. The molecule has 2 rings (SSSR count). The predicted octanol–water partition coefficient (Wildman–Crippen LogP) is 3.62. The second kappa shape index (κ2) is 12.2. The van der Waals surface area contributed by atoms with Crippen LogP contribution in [-0.2, 0) is 26.0 Å². The third kappa shape index (κ3) is 7.70. The summed E-state index contributed by atoms with van der Waals surface area (Å²) in [6, 6.07) is 12.0. The van der Waals surface area contributed by atoms with Crippen LogP contribution in [0.5, 0.6) is 0 Å². The molecule has 10 heteroatoms. The van der Waals surface area contributed by atoms with E-state index in [1.807, 2.05) is 44.2 Å². The number of amides is 2. The molecule has 0 heterocycles. The lowest BCUT2D eigenvalue weighted by Crippen LogP contribution is -2.53. The minimum absolute atomic E-state index is 0.0574. The Morgan fingerprint density at radius 3 is 2.32 bits per heavy atom. The number of anilines is 1. The molecule has 0 aliphatic carbocycles. The van der Waals surface area contributed by atoms with Crippen LogP contribution >= 0.6 is 11.6 Å².